The number of halogens is 23. The van der Waals surface area contributed by atoms with Gasteiger partial charge in [0.1, 0.15) is 0 Å². The Bertz CT molecular complexity index is 3240. The van der Waals surface area contributed by atoms with Crippen LogP contribution in [0.2, 0.25) is 0 Å². The third-order valence-corrected chi connectivity index (χ3v) is 10.7. The monoisotopic (exact) mass is 1140 g/mol. The van der Waals surface area contributed by atoms with Crippen LogP contribution in [0.3, 0.4) is 0 Å². The van der Waals surface area contributed by atoms with Crippen molar-refractivity contribution >= 4 is 22.3 Å². The third kappa shape index (κ3) is 8.23. The van der Waals surface area contributed by atoms with Gasteiger partial charge in [-0.05, 0) is 48.5 Å². The summed E-state index contributed by atoms with van der Waals surface area (Å²) in [6.07, 6.45) is 0. The van der Waals surface area contributed by atoms with Crippen molar-refractivity contribution in [1.29, 1.82) is 0 Å². The van der Waals surface area contributed by atoms with E-state index in [0.29, 0.717) is 48.5 Å². The molecule has 72 heavy (non-hydrogen) atoms. The van der Waals surface area contributed by atoms with Gasteiger partial charge in [-0.1, -0.05) is 0 Å². The van der Waals surface area contributed by atoms with E-state index in [1.54, 1.807) is 0 Å². The Labute approximate surface area is 414 Å². The molecule has 0 aliphatic carbocycles. The molecule has 0 saturated carbocycles. The first-order valence-corrected chi connectivity index (χ1v) is 18.4. The molecular weight excluding hydrogens is 1130 g/mol. The first-order valence-electron chi connectivity index (χ1n) is 18.4. The SMILES string of the molecule is Fc1c(F)c(F)c(C2=c3ccc([nH]3)=C(c3c(F)c(F)c(F)c(F)c3F)c3ccc([nH]3)C(c3c(F)c(F)c(F)c(F)c3F)=c3ccc([nH]3)=C(c3c(F)c(F)c(F)c(F)c3F)c3ccc2[nH]3)c(F)c1F.[Cl-].[Cl-].[Cl-].[Fe+3]. The van der Waals surface area contributed by atoms with Gasteiger partial charge >= 0.3 is 17.1 Å². The van der Waals surface area contributed by atoms with Gasteiger partial charge in [-0.3, -0.25) is 0 Å². The minimum absolute atomic E-state index is 0. The second kappa shape index (κ2) is 20.2. The molecule has 28 heteroatoms. The van der Waals surface area contributed by atoms with E-state index in [0.717, 1.165) is 0 Å². The van der Waals surface area contributed by atoms with Crippen molar-refractivity contribution in [2.24, 2.45) is 0 Å². The molecule has 0 saturated heterocycles. The number of aromatic amines is 4. The van der Waals surface area contributed by atoms with Gasteiger partial charge < -0.3 is 57.2 Å². The summed E-state index contributed by atoms with van der Waals surface area (Å²) < 4.78 is 303. The van der Waals surface area contributed by atoms with Gasteiger partial charge in [0.15, 0.2) is 93.1 Å². The Balaban J connectivity index is 0.00000241. The van der Waals surface area contributed by atoms with Crippen molar-refractivity contribution in [3.63, 3.8) is 0 Å². The van der Waals surface area contributed by atoms with Crippen LogP contribution in [-0.4, -0.2) is 19.9 Å². The van der Waals surface area contributed by atoms with Crippen LogP contribution in [0, 0.1) is 116 Å². The fourth-order valence-corrected chi connectivity index (χ4v) is 7.70. The second-order valence-electron chi connectivity index (χ2n) is 14.4. The van der Waals surface area contributed by atoms with Gasteiger partial charge in [-0.25, -0.2) is 87.8 Å². The van der Waals surface area contributed by atoms with Crippen molar-refractivity contribution in [1.82, 2.24) is 19.9 Å². The fourth-order valence-electron chi connectivity index (χ4n) is 7.70. The van der Waals surface area contributed by atoms with Crippen LogP contribution in [0.4, 0.5) is 87.8 Å². The first kappa shape index (κ1) is 56.4. The van der Waals surface area contributed by atoms with Gasteiger partial charge in [0.2, 0.25) is 23.3 Å². The molecule has 1 radical (unpaired) electrons. The third-order valence-electron chi connectivity index (χ3n) is 10.7. The zero-order valence-corrected chi connectivity index (χ0v) is 37.0. The zero-order chi connectivity index (χ0) is 49.3. The number of benzene rings is 4. The standard InChI is InChI=1S/C44H12F20N4.3ClH.Fe/c45-25-21(26(46)34(54)41(61)33(25)53)17-9-1-2-10(65-9)18(22-27(47)35(55)42(62)36(56)28(22)48)12-5-6-14(67-12)20(24-31(51)39(59)44(64)40(60)32(24)52)16-8-7-15(68-16)19(13-4-3-11(17)66-13)23-29(49)37(57)43(63)38(58)30(23)50;;;;/h1-8,65-68H;3*1H;/q;;;;+3/p-3. The Morgan fingerprint density at radius 3 is 0.486 bits per heavy atom. The summed E-state index contributed by atoms with van der Waals surface area (Å²) in [6.45, 7) is 0. The molecule has 0 spiro atoms. The number of H-pyrrole nitrogens is 4. The zero-order valence-electron chi connectivity index (χ0n) is 33.7. The number of aromatic nitrogens is 4. The molecule has 4 N–H and O–H groups in total. The minimum Gasteiger partial charge on any atom is -1.00 e. The average molecular weight is 1140 g/mol. The molecule has 4 nitrogen and oxygen atoms in total. The fraction of sp³-hybridized carbons (Fsp3) is 0. The number of rotatable bonds is 4. The molecule has 0 fully saturated rings. The van der Waals surface area contributed by atoms with Gasteiger partial charge in [0.25, 0.3) is 0 Å². The number of hydrogen-bond donors (Lipinski definition) is 4. The summed E-state index contributed by atoms with van der Waals surface area (Å²) in [4.78, 5) is 9.09. The Hall–Kier alpha value is -6.53. The molecule has 377 valence electrons. The molecule has 9 rings (SSSR count). The molecule has 5 heterocycles. The minimum atomic E-state index is -2.70. The van der Waals surface area contributed by atoms with Crippen LogP contribution in [0.5, 0.6) is 0 Å². The predicted molar refractivity (Wildman–Crippen MR) is 193 cm³/mol. The van der Waals surface area contributed by atoms with Crippen molar-refractivity contribution in [2.75, 3.05) is 0 Å². The molecule has 8 aromatic rings. The maximum atomic E-state index is 15.8. The number of nitrogens with one attached hydrogen (secondary N) is 4. The largest absolute Gasteiger partial charge is 3.00 e. The topological polar surface area (TPSA) is 63.2 Å². The van der Waals surface area contributed by atoms with Gasteiger partial charge in [-0.2, -0.15) is 0 Å². The summed E-state index contributed by atoms with van der Waals surface area (Å²) in [5.74, 6) is -52.2. The van der Waals surface area contributed by atoms with E-state index < -0.39 is 205 Å². The van der Waals surface area contributed by atoms with Gasteiger partial charge in [0.05, 0.1) is 22.3 Å². The second-order valence-corrected chi connectivity index (χ2v) is 14.4. The predicted octanol–water partition coefficient (Wildman–Crippen LogP) is 0.0931. The van der Waals surface area contributed by atoms with Crippen LogP contribution in [0.1, 0.15) is 45.0 Å². The van der Waals surface area contributed by atoms with E-state index >= 15 is 35.1 Å². The van der Waals surface area contributed by atoms with Crippen molar-refractivity contribution in [3.05, 3.63) is 231 Å². The van der Waals surface area contributed by atoms with E-state index in [9.17, 15) is 52.7 Å². The Morgan fingerprint density at radius 2 is 0.333 bits per heavy atom. The van der Waals surface area contributed by atoms with Gasteiger partial charge in [-0.15, -0.1) is 0 Å². The van der Waals surface area contributed by atoms with E-state index in [1.165, 1.54) is 0 Å². The van der Waals surface area contributed by atoms with Crippen molar-refractivity contribution in [3.8, 4) is 0 Å². The van der Waals surface area contributed by atoms with Crippen LogP contribution in [0.25, 0.3) is 22.3 Å². The smallest absolute Gasteiger partial charge is 1.00 e. The summed E-state index contributed by atoms with van der Waals surface area (Å²) in [6, 6.07) is 5.29. The summed E-state index contributed by atoms with van der Waals surface area (Å²) >= 11 is 0. The molecule has 0 atom stereocenters. The maximum absolute atomic E-state index is 15.8. The van der Waals surface area contributed by atoms with Crippen molar-refractivity contribution < 1.29 is 142 Å². The summed E-state index contributed by atoms with van der Waals surface area (Å²) in [7, 11) is 0. The summed E-state index contributed by atoms with van der Waals surface area (Å²) in [5, 5.41) is -3.59. The average Bonchev–Trinajstić information content (AvgIpc) is 4.18. The van der Waals surface area contributed by atoms with Crippen LogP contribution >= 0.6 is 0 Å². The normalized spacial score (nSPS) is 12.2. The quantitative estimate of drug-likeness (QED) is 0.0838. The molecule has 0 unspecified atom stereocenters. The molecular formula is C44H12Cl3F20FeN4. The van der Waals surface area contributed by atoms with E-state index in [1.807, 2.05) is 0 Å². The van der Waals surface area contributed by atoms with E-state index in [2.05, 4.69) is 19.9 Å². The maximum Gasteiger partial charge on any atom is 3.00 e. The summed E-state index contributed by atoms with van der Waals surface area (Å²) in [5.41, 5.74) is -15.7. The van der Waals surface area contributed by atoms with Crippen LogP contribution in [-0.2, 0) is 17.1 Å². The van der Waals surface area contributed by atoms with E-state index in [4.69, 9.17) is 0 Å². The Kier molecular flexibility index (Phi) is 15.8. The molecule has 1 aliphatic heterocycles. The molecule has 0 amide bonds. The molecule has 1 aliphatic rings. The van der Waals surface area contributed by atoms with Gasteiger partial charge in [0, 0.05) is 66.5 Å². The van der Waals surface area contributed by atoms with Crippen LogP contribution < -0.4 is 58.6 Å². The molecule has 4 aromatic carbocycles. The number of hydrogen-bond acceptors (Lipinski definition) is 0. The molecule has 8 bridgehead atoms. The van der Waals surface area contributed by atoms with Crippen molar-refractivity contribution in [2.45, 2.75) is 0 Å². The first-order chi connectivity index (χ1) is 32.1. The van der Waals surface area contributed by atoms with E-state index in [-0.39, 0.29) is 54.3 Å². The number of fused-ring (bicyclic) bond motifs is 8. The Morgan fingerprint density at radius 1 is 0.194 bits per heavy atom. The molecule has 4 aromatic heterocycles. The van der Waals surface area contributed by atoms with Crippen LogP contribution in [0.15, 0.2) is 48.5 Å².